The average Bonchev–Trinajstić information content (AvgIpc) is 3.02. The highest BCUT2D eigenvalue weighted by Crippen LogP contribution is 2.30. The smallest absolute Gasteiger partial charge is 0.365 e. The van der Waals surface area contributed by atoms with Gasteiger partial charge >= 0.3 is 6.18 Å². The van der Waals surface area contributed by atoms with Crippen LogP contribution in [0.15, 0.2) is 36.7 Å². The molecule has 3 rings (SSSR count). The third kappa shape index (κ3) is 4.30. The van der Waals surface area contributed by atoms with E-state index >= 15 is 0 Å². The summed E-state index contributed by atoms with van der Waals surface area (Å²) in [6.07, 6.45) is -2.04. The van der Waals surface area contributed by atoms with E-state index in [9.17, 15) is 13.2 Å². The highest BCUT2D eigenvalue weighted by molar-refractivity contribution is 6.28. The molecular formula is C18H16ClF3N6. The number of alkyl halides is 3. The van der Waals surface area contributed by atoms with Gasteiger partial charge < -0.3 is 15.3 Å². The number of hydrogen-bond donors (Lipinski definition) is 2. The van der Waals surface area contributed by atoms with Gasteiger partial charge in [-0.05, 0) is 24.1 Å². The summed E-state index contributed by atoms with van der Waals surface area (Å²) in [4.78, 5) is 11.6. The quantitative estimate of drug-likeness (QED) is 0.479. The fourth-order valence-corrected chi connectivity index (χ4v) is 2.73. The molecule has 0 unspecified atom stereocenters. The summed E-state index contributed by atoms with van der Waals surface area (Å²) in [5.41, 5.74) is 1.35. The molecule has 0 bridgehead atoms. The molecule has 2 aromatic heterocycles. The summed E-state index contributed by atoms with van der Waals surface area (Å²) in [5.74, 6) is 0.673. The van der Waals surface area contributed by atoms with Gasteiger partial charge in [0.25, 0.3) is 0 Å². The first kappa shape index (κ1) is 19.8. The Bertz CT molecular complexity index is 1010. The van der Waals surface area contributed by atoms with Gasteiger partial charge in [-0.15, -0.1) is 0 Å². The van der Waals surface area contributed by atoms with Crippen molar-refractivity contribution in [3.05, 3.63) is 58.8 Å². The predicted octanol–water partition coefficient (Wildman–Crippen LogP) is 4.55. The molecule has 28 heavy (non-hydrogen) atoms. The number of hydrogen-bond acceptors (Lipinski definition) is 5. The zero-order valence-corrected chi connectivity index (χ0v) is 15.7. The zero-order chi connectivity index (χ0) is 20.5. The normalized spacial score (nSPS) is 11.5. The minimum absolute atomic E-state index is 0.0677. The van der Waals surface area contributed by atoms with E-state index < -0.39 is 11.9 Å². The second-order valence-corrected chi connectivity index (χ2v) is 6.47. The lowest BCUT2D eigenvalue weighted by atomic mass is 10.1. The van der Waals surface area contributed by atoms with E-state index in [4.69, 9.17) is 17.0 Å². The first-order valence-corrected chi connectivity index (χ1v) is 8.54. The molecule has 2 heterocycles. The van der Waals surface area contributed by atoms with Crippen molar-refractivity contribution in [2.45, 2.75) is 19.6 Å². The number of aryl methyl sites for hydroxylation is 1. The second-order valence-electron chi connectivity index (χ2n) is 6.14. The molecule has 2 N–H and O–H groups in total. The number of benzene rings is 1. The van der Waals surface area contributed by atoms with Crippen LogP contribution in [-0.2, 0) is 19.8 Å². The zero-order valence-electron chi connectivity index (χ0n) is 15.0. The Labute approximate surface area is 163 Å². The molecule has 0 amide bonds. The monoisotopic (exact) mass is 408 g/mol. The van der Waals surface area contributed by atoms with Gasteiger partial charge in [0.2, 0.25) is 5.28 Å². The maximum absolute atomic E-state index is 12.8. The minimum atomic E-state index is -4.48. The molecule has 1 aromatic carbocycles. The van der Waals surface area contributed by atoms with Gasteiger partial charge in [-0.2, -0.15) is 13.2 Å². The molecular weight excluding hydrogens is 393 g/mol. The largest absolute Gasteiger partial charge is 0.434 e. The molecule has 0 spiro atoms. The Balaban J connectivity index is 1.77. The number of nitrogens with zero attached hydrogens (tertiary/aromatic N) is 4. The van der Waals surface area contributed by atoms with E-state index in [-0.39, 0.29) is 11.1 Å². The van der Waals surface area contributed by atoms with Crippen LogP contribution in [-0.4, -0.2) is 25.2 Å². The minimum Gasteiger partial charge on any atom is -0.365 e. The van der Waals surface area contributed by atoms with Gasteiger partial charge in [0.15, 0.2) is 5.69 Å². The summed E-state index contributed by atoms with van der Waals surface area (Å²) >= 11 is 5.82. The highest BCUT2D eigenvalue weighted by Gasteiger charge is 2.34. The topological polar surface area (TPSA) is 79.5 Å². The SMILES string of the molecule is CC(=N)c1cnc(Cl)nc1NCc1ccc(-c2nc(C(F)(F)F)cn2C)cc1. The number of aromatic nitrogens is 4. The molecule has 3 aromatic rings. The van der Waals surface area contributed by atoms with Crippen molar-refractivity contribution in [3.63, 3.8) is 0 Å². The van der Waals surface area contributed by atoms with Crippen LogP contribution in [0.25, 0.3) is 11.4 Å². The molecule has 0 saturated heterocycles. The van der Waals surface area contributed by atoms with Crippen molar-refractivity contribution >= 4 is 23.1 Å². The summed E-state index contributed by atoms with van der Waals surface area (Å²) in [5, 5.41) is 10.9. The molecule has 10 heteroatoms. The van der Waals surface area contributed by atoms with Crippen LogP contribution in [0.1, 0.15) is 23.7 Å². The summed E-state index contributed by atoms with van der Waals surface area (Å²) in [7, 11) is 1.52. The van der Waals surface area contributed by atoms with E-state index in [2.05, 4.69) is 20.3 Å². The van der Waals surface area contributed by atoms with Crippen molar-refractivity contribution in [1.82, 2.24) is 19.5 Å². The average molecular weight is 409 g/mol. The molecule has 146 valence electrons. The number of imidazole rings is 1. The second kappa shape index (κ2) is 7.59. The van der Waals surface area contributed by atoms with Crippen molar-refractivity contribution in [2.75, 3.05) is 5.32 Å². The van der Waals surface area contributed by atoms with Crippen LogP contribution >= 0.6 is 11.6 Å². The third-order valence-electron chi connectivity index (χ3n) is 4.00. The van der Waals surface area contributed by atoms with Crippen LogP contribution in [0.4, 0.5) is 19.0 Å². The molecule has 0 aliphatic heterocycles. The molecule has 0 saturated carbocycles. The van der Waals surface area contributed by atoms with Gasteiger partial charge in [-0.3, -0.25) is 0 Å². The van der Waals surface area contributed by atoms with E-state index in [0.717, 1.165) is 11.8 Å². The molecule has 6 nitrogen and oxygen atoms in total. The predicted molar refractivity (Wildman–Crippen MR) is 101 cm³/mol. The standard InChI is InChI=1S/C18H16ClF3N6/c1-10(23)13-8-25-17(19)27-15(13)24-7-11-3-5-12(6-4-11)16-26-14(9-28(16)2)18(20,21)22/h3-6,8-9,23H,7H2,1-2H3,(H,24,25,27). The van der Waals surface area contributed by atoms with Crippen LogP contribution < -0.4 is 5.32 Å². The number of rotatable bonds is 5. The van der Waals surface area contributed by atoms with Crippen LogP contribution in [0, 0.1) is 5.41 Å². The highest BCUT2D eigenvalue weighted by atomic mass is 35.5. The van der Waals surface area contributed by atoms with E-state index in [1.54, 1.807) is 31.2 Å². The third-order valence-corrected chi connectivity index (χ3v) is 4.18. The molecule has 0 radical (unpaired) electrons. The van der Waals surface area contributed by atoms with Crippen LogP contribution in [0.5, 0.6) is 0 Å². The lowest BCUT2D eigenvalue weighted by Crippen LogP contribution is -2.08. The Morgan fingerprint density at radius 3 is 2.46 bits per heavy atom. The Kier molecular flexibility index (Phi) is 5.37. The molecule has 0 atom stereocenters. The Morgan fingerprint density at radius 2 is 1.89 bits per heavy atom. The van der Waals surface area contributed by atoms with Crippen molar-refractivity contribution in [3.8, 4) is 11.4 Å². The summed E-state index contributed by atoms with van der Waals surface area (Å²) in [6, 6.07) is 6.97. The van der Waals surface area contributed by atoms with E-state index in [0.29, 0.717) is 29.2 Å². The number of nitrogens with one attached hydrogen (secondary N) is 2. The maximum Gasteiger partial charge on any atom is 0.434 e. The lowest BCUT2D eigenvalue weighted by Gasteiger charge is -2.10. The van der Waals surface area contributed by atoms with Crippen molar-refractivity contribution in [1.29, 1.82) is 5.41 Å². The van der Waals surface area contributed by atoms with Crippen molar-refractivity contribution < 1.29 is 13.2 Å². The lowest BCUT2D eigenvalue weighted by molar-refractivity contribution is -0.140. The maximum atomic E-state index is 12.8. The van der Waals surface area contributed by atoms with Crippen LogP contribution in [0.2, 0.25) is 5.28 Å². The van der Waals surface area contributed by atoms with Gasteiger partial charge in [-0.25, -0.2) is 15.0 Å². The summed E-state index contributed by atoms with van der Waals surface area (Å²) in [6.45, 7) is 2.01. The van der Waals surface area contributed by atoms with Gasteiger partial charge in [-0.1, -0.05) is 24.3 Å². The summed E-state index contributed by atoms with van der Waals surface area (Å²) < 4.78 is 39.8. The van der Waals surface area contributed by atoms with E-state index in [1.165, 1.54) is 17.8 Å². The fourth-order valence-electron chi connectivity index (χ4n) is 2.60. The number of anilines is 1. The van der Waals surface area contributed by atoms with E-state index in [1.807, 2.05) is 0 Å². The molecule has 0 aliphatic carbocycles. The first-order chi connectivity index (χ1) is 13.1. The van der Waals surface area contributed by atoms with Crippen LogP contribution in [0.3, 0.4) is 0 Å². The van der Waals surface area contributed by atoms with Gasteiger partial charge in [0.05, 0.1) is 5.56 Å². The fraction of sp³-hybridized carbons (Fsp3) is 0.222. The molecule has 0 fully saturated rings. The Morgan fingerprint density at radius 1 is 1.21 bits per heavy atom. The van der Waals surface area contributed by atoms with Gasteiger partial charge in [0.1, 0.15) is 11.6 Å². The van der Waals surface area contributed by atoms with Gasteiger partial charge in [0, 0.05) is 37.3 Å². The number of halogens is 4. The first-order valence-electron chi connectivity index (χ1n) is 8.17. The molecule has 0 aliphatic rings. The van der Waals surface area contributed by atoms with Crippen molar-refractivity contribution in [2.24, 2.45) is 7.05 Å². The Hall–Kier alpha value is -2.94.